The summed E-state index contributed by atoms with van der Waals surface area (Å²) in [6.45, 7) is 2.95. The van der Waals surface area contributed by atoms with Crippen LogP contribution in [0.25, 0.3) is 0 Å². The third-order valence-electron chi connectivity index (χ3n) is 6.24. The SMILES string of the molecule is Cc1cc(F)ccc1[C@@H]1CC(=O)CCN1C(=O)N(C)[C@H](C)c1cc(C(F)(F)F)cc(C(F)(F)F)c1. The van der Waals surface area contributed by atoms with Crippen LogP contribution < -0.4 is 0 Å². The maximum atomic E-state index is 13.6. The van der Waals surface area contributed by atoms with Gasteiger partial charge in [0.2, 0.25) is 0 Å². The summed E-state index contributed by atoms with van der Waals surface area (Å²) < 4.78 is 93.2. The minimum absolute atomic E-state index is 0.00655. The number of alkyl halides is 6. The normalized spacial score (nSPS) is 17.9. The van der Waals surface area contributed by atoms with Crippen LogP contribution in [0.5, 0.6) is 0 Å². The van der Waals surface area contributed by atoms with Crippen molar-refractivity contribution in [3.8, 4) is 0 Å². The van der Waals surface area contributed by atoms with Crippen molar-refractivity contribution < 1.29 is 40.3 Å². The Kier molecular flexibility index (Phi) is 7.19. The first-order valence-electron chi connectivity index (χ1n) is 10.7. The van der Waals surface area contributed by atoms with E-state index in [1.54, 1.807) is 6.92 Å². The van der Waals surface area contributed by atoms with Gasteiger partial charge in [0.25, 0.3) is 0 Å². The number of amides is 2. The number of carbonyl (C=O) groups is 2. The number of rotatable bonds is 3. The minimum Gasteiger partial charge on any atom is -0.321 e. The first-order valence-corrected chi connectivity index (χ1v) is 10.7. The number of nitrogens with zero attached hydrogens (tertiary/aromatic N) is 2. The summed E-state index contributed by atoms with van der Waals surface area (Å²) in [6.07, 6.45) is -10.0. The quantitative estimate of drug-likeness (QED) is 0.437. The molecule has 2 atom stereocenters. The first-order chi connectivity index (χ1) is 16.1. The first kappa shape index (κ1) is 26.5. The molecule has 35 heavy (non-hydrogen) atoms. The summed E-state index contributed by atoms with van der Waals surface area (Å²) in [5, 5.41) is 0. The zero-order chi connectivity index (χ0) is 26.3. The second kappa shape index (κ2) is 9.50. The van der Waals surface area contributed by atoms with Crippen LogP contribution in [-0.2, 0) is 17.1 Å². The van der Waals surface area contributed by atoms with Gasteiger partial charge in [0.05, 0.1) is 23.2 Å². The van der Waals surface area contributed by atoms with E-state index in [0.29, 0.717) is 23.3 Å². The number of ketones is 1. The highest BCUT2D eigenvalue weighted by atomic mass is 19.4. The Labute approximate surface area is 197 Å². The average molecular weight is 504 g/mol. The maximum absolute atomic E-state index is 13.6. The molecule has 3 rings (SSSR count). The highest BCUT2D eigenvalue weighted by Gasteiger charge is 2.39. The van der Waals surface area contributed by atoms with Gasteiger partial charge in [0.1, 0.15) is 11.6 Å². The van der Waals surface area contributed by atoms with Gasteiger partial charge in [0.15, 0.2) is 0 Å². The summed E-state index contributed by atoms with van der Waals surface area (Å²) in [4.78, 5) is 27.9. The van der Waals surface area contributed by atoms with Gasteiger partial charge in [-0.1, -0.05) is 6.07 Å². The van der Waals surface area contributed by atoms with Gasteiger partial charge < -0.3 is 9.80 Å². The number of aryl methyl sites for hydroxylation is 1. The maximum Gasteiger partial charge on any atom is 0.416 e. The Hall–Kier alpha value is -3.11. The summed E-state index contributed by atoms with van der Waals surface area (Å²) in [7, 11) is 1.27. The predicted octanol–water partition coefficient (Wildman–Crippen LogP) is 6.69. The number of hydrogen-bond donors (Lipinski definition) is 0. The standard InChI is InChI=1S/C24H23F7N2O2/c1-13-8-18(25)4-5-20(13)21-12-19(34)6-7-33(21)22(35)32(3)14(2)15-9-16(23(26,27)28)11-17(10-15)24(29,30)31/h4-5,8-11,14,21H,6-7,12H2,1-3H3/t14-,21+/m1/s1. The smallest absolute Gasteiger partial charge is 0.321 e. The van der Waals surface area contributed by atoms with Gasteiger partial charge in [-0.2, -0.15) is 26.3 Å². The molecule has 2 aromatic carbocycles. The van der Waals surface area contributed by atoms with Crippen molar-refractivity contribution in [2.45, 2.75) is 51.1 Å². The number of piperidine rings is 1. The lowest BCUT2D eigenvalue weighted by Gasteiger charge is -2.40. The Bertz CT molecular complexity index is 1100. The number of Topliss-reactive ketones (excluding diaryl/α,β-unsaturated/α-hetero) is 1. The van der Waals surface area contributed by atoms with Crippen molar-refractivity contribution in [2.75, 3.05) is 13.6 Å². The summed E-state index contributed by atoms with van der Waals surface area (Å²) >= 11 is 0. The molecule has 1 aliphatic rings. The topological polar surface area (TPSA) is 40.6 Å². The number of halogens is 7. The third-order valence-corrected chi connectivity index (χ3v) is 6.24. The number of urea groups is 1. The summed E-state index contributed by atoms with van der Waals surface area (Å²) in [5.74, 6) is -0.617. The molecule has 0 aromatic heterocycles. The van der Waals surface area contributed by atoms with E-state index < -0.39 is 47.4 Å². The molecule has 2 aromatic rings. The molecule has 1 saturated heterocycles. The molecule has 1 aliphatic heterocycles. The Morgan fingerprint density at radius 2 is 1.60 bits per heavy atom. The number of carbonyl (C=O) groups excluding carboxylic acids is 2. The van der Waals surface area contributed by atoms with Gasteiger partial charge >= 0.3 is 18.4 Å². The molecule has 1 fully saturated rings. The molecule has 0 saturated carbocycles. The fraction of sp³-hybridized carbons (Fsp3) is 0.417. The Balaban J connectivity index is 1.96. The monoisotopic (exact) mass is 504 g/mol. The zero-order valence-corrected chi connectivity index (χ0v) is 19.1. The van der Waals surface area contributed by atoms with E-state index in [2.05, 4.69) is 0 Å². The number of hydrogen-bond acceptors (Lipinski definition) is 2. The number of benzene rings is 2. The van der Waals surface area contributed by atoms with E-state index in [0.717, 1.165) is 4.90 Å². The molecule has 0 radical (unpaired) electrons. The van der Waals surface area contributed by atoms with Crippen molar-refractivity contribution in [3.05, 3.63) is 70.0 Å². The van der Waals surface area contributed by atoms with Gasteiger partial charge in [-0.25, -0.2) is 9.18 Å². The van der Waals surface area contributed by atoms with Crippen LogP contribution in [0.3, 0.4) is 0 Å². The van der Waals surface area contributed by atoms with E-state index in [9.17, 15) is 40.3 Å². The number of likely N-dealkylation sites (tertiary alicyclic amines) is 1. The van der Waals surface area contributed by atoms with Crippen LogP contribution in [0.4, 0.5) is 35.5 Å². The van der Waals surface area contributed by atoms with Crippen LogP contribution >= 0.6 is 0 Å². The van der Waals surface area contributed by atoms with Crippen LogP contribution in [0.2, 0.25) is 0 Å². The molecule has 2 amide bonds. The lowest BCUT2D eigenvalue weighted by atomic mass is 9.91. The third kappa shape index (κ3) is 5.76. The van der Waals surface area contributed by atoms with Crippen LogP contribution in [0, 0.1) is 12.7 Å². The van der Waals surface area contributed by atoms with E-state index in [4.69, 9.17) is 0 Å². The van der Waals surface area contributed by atoms with E-state index in [-0.39, 0.29) is 36.8 Å². The fourth-order valence-electron chi connectivity index (χ4n) is 4.16. The van der Waals surface area contributed by atoms with E-state index in [1.807, 2.05) is 0 Å². The largest absolute Gasteiger partial charge is 0.416 e. The van der Waals surface area contributed by atoms with Crippen LogP contribution in [0.15, 0.2) is 36.4 Å². The molecule has 190 valence electrons. The zero-order valence-electron chi connectivity index (χ0n) is 19.1. The van der Waals surface area contributed by atoms with Gasteiger partial charge in [-0.15, -0.1) is 0 Å². The van der Waals surface area contributed by atoms with Gasteiger partial charge in [-0.05, 0) is 60.9 Å². The average Bonchev–Trinajstić information content (AvgIpc) is 2.76. The predicted molar refractivity (Wildman–Crippen MR) is 113 cm³/mol. The van der Waals surface area contributed by atoms with E-state index in [1.165, 1.54) is 37.1 Å². The molecule has 0 aliphatic carbocycles. The lowest BCUT2D eigenvalue weighted by molar-refractivity contribution is -0.143. The summed E-state index contributed by atoms with van der Waals surface area (Å²) in [6, 6.07) is 2.54. The molecule has 4 nitrogen and oxygen atoms in total. The second-order valence-electron chi connectivity index (χ2n) is 8.61. The van der Waals surface area contributed by atoms with Crippen molar-refractivity contribution in [2.24, 2.45) is 0 Å². The molecule has 0 N–H and O–H groups in total. The molecule has 0 bridgehead atoms. The van der Waals surface area contributed by atoms with Gasteiger partial charge in [0, 0.05) is 26.4 Å². The van der Waals surface area contributed by atoms with Crippen molar-refractivity contribution >= 4 is 11.8 Å². The van der Waals surface area contributed by atoms with Gasteiger partial charge in [-0.3, -0.25) is 4.79 Å². The molecule has 0 spiro atoms. The lowest BCUT2D eigenvalue weighted by Crippen LogP contribution is -2.48. The van der Waals surface area contributed by atoms with Crippen LogP contribution in [-0.4, -0.2) is 35.2 Å². The van der Waals surface area contributed by atoms with Crippen molar-refractivity contribution in [1.29, 1.82) is 0 Å². The molecule has 0 unspecified atom stereocenters. The van der Waals surface area contributed by atoms with Crippen LogP contribution in [0.1, 0.15) is 59.7 Å². The summed E-state index contributed by atoms with van der Waals surface area (Å²) in [5.41, 5.74) is -2.25. The van der Waals surface area contributed by atoms with Crippen molar-refractivity contribution in [3.63, 3.8) is 0 Å². The molecular weight excluding hydrogens is 481 g/mol. The highest BCUT2D eigenvalue weighted by molar-refractivity contribution is 5.84. The Morgan fingerprint density at radius 3 is 2.11 bits per heavy atom. The molecule has 1 heterocycles. The second-order valence-corrected chi connectivity index (χ2v) is 8.61. The molecule has 11 heteroatoms. The van der Waals surface area contributed by atoms with Crippen molar-refractivity contribution in [1.82, 2.24) is 9.80 Å². The fourth-order valence-corrected chi connectivity index (χ4v) is 4.16. The Morgan fingerprint density at radius 1 is 1.03 bits per heavy atom. The highest BCUT2D eigenvalue weighted by Crippen LogP contribution is 2.39. The molecular formula is C24H23F7N2O2. The van der Waals surface area contributed by atoms with E-state index >= 15 is 0 Å². The minimum atomic E-state index is -5.02.